The van der Waals surface area contributed by atoms with Crippen LogP contribution in [0.5, 0.6) is 0 Å². The number of nitrogens with zero attached hydrogens (tertiary/aromatic N) is 1. The van der Waals surface area contributed by atoms with Crippen molar-refractivity contribution >= 4 is 40.1 Å². The van der Waals surface area contributed by atoms with Crippen molar-refractivity contribution in [3.8, 4) is 11.1 Å². The molecule has 28 heavy (non-hydrogen) atoms. The molecule has 144 valence electrons. The average molecular weight is 398 g/mol. The Labute approximate surface area is 166 Å². The number of hydrogen-bond acceptors (Lipinski definition) is 4. The highest BCUT2D eigenvalue weighted by Crippen LogP contribution is 2.33. The number of fused-ring (bicyclic) bond motifs is 1. The Morgan fingerprint density at radius 1 is 1.21 bits per heavy atom. The first-order valence-electron chi connectivity index (χ1n) is 9.08. The Morgan fingerprint density at radius 2 is 2.07 bits per heavy atom. The molecule has 1 saturated heterocycles. The molecule has 4 N–H and O–H groups in total. The molecular weight excluding hydrogens is 378 g/mol. The van der Waals surface area contributed by atoms with Gasteiger partial charge in [0.25, 0.3) is 5.91 Å². The van der Waals surface area contributed by atoms with E-state index in [1.165, 1.54) is 0 Å². The highest BCUT2D eigenvalue weighted by atomic mass is 35.5. The van der Waals surface area contributed by atoms with Gasteiger partial charge in [0, 0.05) is 35.1 Å². The first-order chi connectivity index (χ1) is 13.6. The topological polar surface area (TPSA) is 98.9 Å². The summed E-state index contributed by atoms with van der Waals surface area (Å²) in [5.74, 6) is 0.227. The number of carbonyl (C=O) groups is 2. The van der Waals surface area contributed by atoms with Crippen molar-refractivity contribution < 1.29 is 9.59 Å². The number of amides is 2. The molecule has 0 saturated carbocycles. The highest BCUT2D eigenvalue weighted by Gasteiger charge is 2.23. The molecule has 0 aliphatic carbocycles. The van der Waals surface area contributed by atoms with Gasteiger partial charge in [-0.3, -0.25) is 14.7 Å². The van der Waals surface area contributed by atoms with Gasteiger partial charge in [-0.2, -0.15) is 5.10 Å². The lowest BCUT2D eigenvalue weighted by molar-refractivity contribution is -0.119. The maximum absolute atomic E-state index is 12.4. The van der Waals surface area contributed by atoms with E-state index in [9.17, 15) is 9.59 Å². The number of anilines is 1. The number of H-pyrrole nitrogens is 1. The molecule has 1 aliphatic rings. The minimum absolute atomic E-state index is 0.0385. The van der Waals surface area contributed by atoms with E-state index in [1.807, 2.05) is 18.2 Å². The van der Waals surface area contributed by atoms with E-state index in [0.29, 0.717) is 22.9 Å². The second-order valence-corrected chi connectivity index (χ2v) is 7.19. The van der Waals surface area contributed by atoms with Crippen LogP contribution in [0.25, 0.3) is 22.0 Å². The smallest absolute Gasteiger partial charge is 0.251 e. The summed E-state index contributed by atoms with van der Waals surface area (Å²) < 4.78 is 0. The van der Waals surface area contributed by atoms with Gasteiger partial charge in [-0.25, -0.2) is 0 Å². The first-order valence-corrected chi connectivity index (χ1v) is 9.46. The Morgan fingerprint density at radius 3 is 2.82 bits per heavy atom. The van der Waals surface area contributed by atoms with E-state index in [-0.39, 0.29) is 17.7 Å². The first kappa shape index (κ1) is 18.5. The molecule has 1 aromatic heterocycles. The molecule has 2 aromatic carbocycles. The number of rotatable bonds is 4. The van der Waals surface area contributed by atoms with Crippen LogP contribution in [-0.4, -0.2) is 42.1 Å². The molecule has 2 heterocycles. The van der Waals surface area contributed by atoms with Crippen LogP contribution in [0.1, 0.15) is 16.8 Å². The molecule has 7 nitrogen and oxygen atoms in total. The van der Waals surface area contributed by atoms with Gasteiger partial charge >= 0.3 is 0 Å². The van der Waals surface area contributed by atoms with E-state index in [1.54, 1.807) is 25.2 Å². The van der Waals surface area contributed by atoms with Crippen LogP contribution in [0.2, 0.25) is 5.02 Å². The maximum Gasteiger partial charge on any atom is 0.251 e. The zero-order valence-corrected chi connectivity index (χ0v) is 16.1. The predicted molar refractivity (Wildman–Crippen MR) is 110 cm³/mol. The minimum Gasteiger partial charge on any atom is -0.355 e. The van der Waals surface area contributed by atoms with Gasteiger partial charge in [-0.1, -0.05) is 17.7 Å². The van der Waals surface area contributed by atoms with Gasteiger partial charge in [-0.15, -0.1) is 0 Å². The van der Waals surface area contributed by atoms with Gasteiger partial charge in [0.1, 0.15) is 0 Å². The molecule has 0 spiro atoms. The monoisotopic (exact) mass is 397 g/mol. The largest absolute Gasteiger partial charge is 0.355 e. The summed E-state index contributed by atoms with van der Waals surface area (Å²) >= 11 is 6.38. The summed E-state index contributed by atoms with van der Waals surface area (Å²) in [6.45, 7) is 1.53. The van der Waals surface area contributed by atoms with Gasteiger partial charge in [0.15, 0.2) is 5.82 Å². The summed E-state index contributed by atoms with van der Waals surface area (Å²) in [6, 6.07) is 10.8. The lowest BCUT2D eigenvalue weighted by Crippen LogP contribution is -2.24. The summed E-state index contributed by atoms with van der Waals surface area (Å²) in [7, 11) is 1.59. The fourth-order valence-electron chi connectivity index (χ4n) is 3.41. The number of hydrogen-bond donors (Lipinski definition) is 4. The van der Waals surface area contributed by atoms with Crippen molar-refractivity contribution in [1.29, 1.82) is 0 Å². The third kappa shape index (κ3) is 3.46. The fourth-order valence-corrected chi connectivity index (χ4v) is 3.63. The van der Waals surface area contributed by atoms with E-state index in [2.05, 4.69) is 26.1 Å². The predicted octanol–water partition coefficient (Wildman–Crippen LogP) is 2.79. The zero-order chi connectivity index (χ0) is 19.7. The average Bonchev–Trinajstić information content (AvgIpc) is 3.38. The Kier molecular flexibility index (Phi) is 5.02. The van der Waals surface area contributed by atoms with Crippen LogP contribution in [-0.2, 0) is 4.79 Å². The van der Waals surface area contributed by atoms with Crippen molar-refractivity contribution in [1.82, 2.24) is 20.8 Å². The van der Waals surface area contributed by atoms with Crippen LogP contribution < -0.4 is 16.0 Å². The number of carbonyl (C=O) groups excluding carboxylic acids is 2. The van der Waals surface area contributed by atoms with Crippen LogP contribution >= 0.6 is 11.6 Å². The molecule has 2 amide bonds. The second-order valence-electron chi connectivity index (χ2n) is 6.79. The second kappa shape index (κ2) is 7.61. The van der Waals surface area contributed by atoms with Gasteiger partial charge in [0.05, 0.1) is 11.4 Å². The summed E-state index contributed by atoms with van der Waals surface area (Å²) in [4.78, 5) is 24.4. The molecule has 1 aliphatic heterocycles. The van der Waals surface area contributed by atoms with Crippen molar-refractivity contribution in [2.75, 3.05) is 25.5 Å². The summed E-state index contributed by atoms with van der Waals surface area (Å²) in [6.07, 6.45) is 0.821. The van der Waals surface area contributed by atoms with E-state index in [0.717, 1.165) is 35.0 Å². The van der Waals surface area contributed by atoms with Crippen LogP contribution in [0.3, 0.4) is 0 Å². The van der Waals surface area contributed by atoms with Crippen LogP contribution in [0.15, 0.2) is 36.4 Å². The van der Waals surface area contributed by atoms with Crippen LogP contribution in [0, 0.1) is 5.92 Å². The molecule has 0 radical (unpaired) electrons. The third-order valence-corrected chi connectivity index (χ3v) is 5.33. The normalized spacial score (nSPS) is 16.3. The zero-order valence-electron chi connectivity index (χ0n) is 15.3. The van der Waals surface area contributed by atoms with E-state index < -0.39 is 0 Å². The van der Waals surface area contributed by atoms with Gasteiger partial charge in [0.2, 0.25) is 5.91 Å². The molecule has 0 unspecified atom stereocenters. The molecular formula is C20H20ClN5O2. The Balaban J connectivity index is 1.70. The molecule has 0 bridgehead atoms. The highest BCUT2D eigenvalue weighted by molar-refractivity contribution is 6.33. The van der Waals surface area contributed by atoms with Gasteiger partial charge in [-0.05, 0) is 48.9 Å². The minimum atomic E-state index is -0.180. The number of aromatic nitrogens is 2. The maximum atomic E-state index is 12.4. The Hall–Kier alpha value is -2.90. The van der Waals surface area contributed by atoms with E-state index >= 15 is 0 Å². The molecule has 3 aromatic rings. The molecule has 1 fully saturated rings. The standard InChI is InChI=1S/C20H20ClN5O2/c1-22-19(27)12-2-4-16(21)14(9-12)11-3-5-17-15(8-11)18(26-25-17)24-20(28)13-6-7-23-10-13/h2-5,8-9,13,23H,6-7,10H2,1H3,(H,22,27)(H2,24,25,26,28)/t13-/m1/s1. The van der Waals surface area contributed by atoms with E-state index in [4.69, 9.17) is 11.6 Å². The number of halogens is 1. The van der Waals surface area contributed by atoms with Crippen molar-refractivity contribution in [3.63, 3.8) is 0 Å². The van der Waals surface area contributed by atoms with Crippen molar-refractivity contribution in [3.05, 3.63) is 47.0 Å². The number of benzene rings is 2. The van der Waals surface area contributed by atoms with Crippen molar-refractivity contribution in [2.24, 2.45) is 5.92 Å². The summed E-state index contributed by atoms with van der Waals surface area (Å²) in [5.41, 5.74) is 2.91. The number of aromatic amines is 1. The third-order valence-electron chi connectivity index (χ3n) is 5.00. The van der Waals surface area contributed by atoms with Crippen molar-refractivity contribution in [2.45, 2.75) is 6.42 Å². The SMILES string of the molecule is CNC(=O)c1ccc(Cl)c(-c2ccc3[nH]nc(NC(=O)[C@@H]4CCNC4)c3c2)c1. The van der Waals surface area contributed by atoms with Gasteiger partial charge < -0.3 is 16.0 Å². The lowest BCUT2D eigenvalue weighted by atomic mass is 10.0. The summed E-state index contributed by atoms with van der Waals surface area (Å²) in [5, 5.41) is 17.2. The fraction of sp³-hybridized carbons (Fsp3) is 0.250. The Bertz CT molecular complexity index is 1060. The van der Waals surface area contributed by atoms with Crippen LogP contribution in [0.4, 0.5) is 5.82 Å². The molecule has 1 atom stereocenters. The number of nitrogens with one attached hydrogen (secondary N) is 4. The molecule has 4 rings (SSSR count). The lowest BCUT2D eigenvalue weighted by Gasteiger charge is -2.09. The quantitative estimate of drug-likeness (QED) is 0.544. The molecule has 8 heteroatoms.